The number of aliphatic carboxylic acids is 1. The van der Waals surface area contributed by atoms with E-state index >= 15 is 0 Å². The van der Waals surface area contributed by atoms with E-state index in [2.05, 4.69) is 12.2 Å². The van der Waals surface area contributed by atoms with Crippen molar-refractivity contribution in [3.8, 4) is 0 Å². The van der Waals surface area contributed by atoms with Gasteiger partial charge in [-0.3, -0.25) is 9.59 Å². The molecule has 0 saturated carbocycles. The van der Waals surface area contributed by atoms with Crippen LogP contribution in [0.1, 0.15) is 53.9 Å². The molecule has 0 aromatic heterocycles. The highest BCUT2D eigenvalue weighted by Crippen LogP contribution is 2.15. The van der Waals surface area contributed by atoms with E-state index in [1.165, 1.54) is 11.8 Å². The Hall–Kier alpha value is -1.44. The van der Waals surface area contributed by atoms with Gasteiger partial charge in [-0.1, -0.05) is 47.5 Å². The molecule has 25 heavy (non-hydrogen) atoms. The van der Waals surface area contributed by atoms with Crippen molar-refractivity contribution in [1.29, 1.82) is 0 Å². The van der Waals surface area contributed by atoms with Crippen LogP contribution in [0.3, 0.4) is 0 Å². The zero-order valence-corrected chi connectivity index (χ0v) is 16.6. The number of carboxylic acid groups (broad SMARTS) is 1. The van der Waals surface area contributed by atoms with Crippen molar-refractivity contribution in [3.05, 3.63) is 0 Å². The van der Waals surface area contributed by atoms with Crippen molar-refractivity contribution in [1.82, 2.24) is 5.32 Å². The molecule has 0 aromatic rings. The predicted molar refractivity (Wildman–Crippen MR) is 97.4 cm³/mol. The lowest BCUT2D eigenvalue weighted by Crippen LogP contribution is -2.39. The number of amides is 1. The number of thioether (sulfide) groups is 1. The molecule has 0 fully saturated rings. The Morgan fingerprint density at radius 1 is 1.08 bits per heavy atom. The molecular weight excluding hydrogens is 346 g/mol. The highest BCUT2D eigenvalue weighted by Gasteiger charge is 2.25. The van der Waals surface area contributed by atoms with Gasteiger partial charge in [0.25, 0.3) is 6.29 Å². The minimum Gasteiger partial charge on any atom is -0.480 e. The third kappa shape index (κ3) is 10.9. The number of alkyl carbamates (subject to hydrolysis) is 1. The SMILES string of the molecule is CCCCCS[C@@H](CNC(=O)O[C@H](OC(=O)C(C)C)C(C)C)C(=O)O. The first-order chi connectivity index (χ1) is 11.7. The zero-order chi connectivity index (χ0) is 19.4. The lowest BCUT2D eigenvalue weighted by Gasteiger charge is -2.22. The lowest BCUT2D eigenvalue weighted by molar-refractivity contribution is -0.178. The van der Waals surface area contributed by atoms with Gasteiger partial charge in [0, 0.05) is 12.5 Å². The smallest absolute Gasteiger partial charge is 0.410 e. The average molecular weight is 378 g/mol. The molecule has 0 unspecified atom stereocenters. The fourth-order valence-electron chi connectivity index (χ4n) is 1.67. The molecule has 146 valence electrons. The third-order valence-corrected chi connectivity index (χ3v) is 4.54. The standard InChI is InChI=1S/C17H31NO6S/c1-6-7-8-9-25-13(14(19)20)10-18-17(22)24-16(12(4)5)23-15(21)11(2)3/h11-13,16H,6-10H2,1-5H3,(H,18,22)(H,19,20)/t13-,16-/m0/s1. The summed E-state index contributed by atoms with van der Waals surface area (Å²) in [6.45, 7) is 8.92. The highest BCUT2D eigenvalue weighted by molar-refractivity contribution is 8.00. The zero-order valence-electron chi connectivity index (χ0n) is 15.7. The molecule has 0 saturated heterocycles. The van der Waals surface area contributed by atoms with Crippen LogP contribution in [0, 0.1) is 11.8 Å². The van der Waals surface area contributed by atoms with E-state index in [0.29, 0.717) is 0 Å². The second-order valence-corrected chi connectivity index (χ2v) is 7.71. The normalized spacial score (nSPS) is 13.4. The second-order valence-electron chi connectivity index (χ2n) is 6.39. The summed E-state index contributed by atoms with van der Waals surface area (Å²) >= 11 is 1.30. The summed E-state index contributed by atoms with van der Waals surface area (Å²) in [6, 6.07) is 0. The molecule has 0 radical (unpaired) electrons. The Bertz CT molecular complexity index is 427. The van der Waals surface area contributed by atoms with Gasteiger partial charge in [-0.2, -0.15) is 0 Å². The van der Waals surface area contributed by atoms with E-state index in [0.717, 1.165) is 25.0 Å². The number of nitrogens with one attached hydrogen (secondary N) is 1. The number of carbonyl (C=O) groups excluding carboxylic acids is 2. The first-order valence-electron chi connectivity index (χ1n) is 8.68. The molecule has 0 bridgehead atoms. The summed E-state index contributed by atoms with van der Waals surface area (Å²) in [5.41, 5.74) is 0. The summed E-state index contributed by atoms with van der Waals surface area (Å²) in [5, 5.41) is 10.9. The molecule has 0 spiro atoms. The minimum atomic E-state index is -1.00. The van der Waals surface area contributed by atoms with E-state index in [9.17, 15) is 19.5 Å². The number of unbranched alkanes of at least 4 members (excludes halogenated alkanes) is 2. The minimum absolute atomic E-state index is 0.0477. The van der Waals surface area contributed by atoms with Crippen LogP contribution < -0.4 is 5.32 Å². The molecule has 0 aromatic carbocycles. The average Bonchev–Trinajstić information content (AvgIpc) is 2.52. The number of ether oxygens (including phenoxy) is 2. The Balaban J connectivity index is 4.42. The Labute approximate surface area is 154 Å². The number of carboxylic acids is 1. The van der Waals surface area contributed by atoms with Gasteiger partial charge in [0.15, 0.2) is 0 Å². The summed E-state index contributed by atoms with van der Waals surface area (Å²) in [6.07, 6.45) is 1.25. The number of carbonyl (C=O) groups is 3. The molecule has 2 N–H and O–H groups in total. The largest absolute Gasteiger partial charge is 0.480 e. The summed E-state index contributed by atoms with van der Waals surface area (Å²) in [5.74, 6) is -1.26. The van der Waals surface area contributed by atoms with Crippen LogP contribution >= 0.6 is 11.8 Å². The molecular formula is C17H31NO6S. The van der Waals surface area contributed by atoms with Gasteiger partial charge in [0.05, 0.1) is 5.92 Å². The molecule has 2 atom stereocenters. The van der Waals surface area contributed by atoms with Crippen LogP contribution in [-0.4, -0.2) is 47.0 Å². The van der Waals surface area contributed by atoms with Crippen molar-refractivity contribution in [2.24, 2.45) is 11.8 Å². The summed E-state index contributed by atoms with van der Waals surface area (Å²) < 4.78 is 10.3. The van der Waals surface area contributed by atoms with Crippen LogP contribution in [0.25, 0.3) is 0 Å². The summed E-state index contributed by atoms with van der Waals surface area (Å²) in [7, 11) is 0. The highest BCUT2D eigenvalue weighted by atomic mass is 32.2. The van der Waals surface area contributed by atoms with Gasteiger partial charge >= 0.3 is 18.0 Å². The Kier molecular flexibility index (Phi) is 12.1. The van der Waals surface area contributed by atoms with Crippen LogP contribution in [0.5, 0.6) is 0 Å². The first kappa shape index (κ1) is 23.6. The monoisotopic (exact) mass is 377 g/mol. The third-order valence-electron chi connectivity index (χ3n) is 3.25. The molecule has 0 aliphatic carbocycles. The molecule has 0 aliphatic heterocycles. The fourth-order valence-corrected chi connectivity index (χ4v) is 2.66. The van der Waals surface area contributed by atoms with Gasteiger partial charge in [0.2, 0.25) is 0 Å². The lowest BCUT2D eigenvalue weighted by atomic mass is 10.2. The van der Waals surface area contributed by atoms with Gasteiger partial charge in [-0.05, 0) is 12.2 Å². The van der Waals surface area contributed by atoms with Crippen LogP contribution in [0.4, 0.5) is 4.79 Å². The maximum absolute atomic E-state index is 11.9. The maximum atomic E-state index is 11.9. The summed E-state index contributed by atoms with van der Waals surface area (Å²) in [4.78, 5) is 34.8. The van der Waals surface area contributed by atoms with Gasteiger partial charge in [-0.25, -0.2) is 4.79 Å². The fraction of sp³-hybridized carbons (Fsp3) is 0.824. The molecule has 0 rings (SSSR count). The Morgan fingerprint density at radius 3 is 2.20 bits per heavy atom. The second kappa shape index (κ2) is 12.9. The van der Waals surface area contributed by atoms with E-state index in [-0.39, 0.29) is 18.4 Å². The van der Waals surface area contributed by atoms with Crippen LogP contribution in [-0.2, 0) is 19.1 Å². The van der Waals surface area contributed by atoms with Crippen LogP contribution in [0.2, 0.25) is 0 Å². The number of hydrogen-bond acceptors (Lipinski definition) is 6. The number of hydrogen-bond donors (Lipinski definition) is 2. The Morgan fingerprint density at radius 2 is 1.72 bits per heavy atom. The molecule has 0 heterocycles. The van der Waals surface area contributed by atoms with E-state index in [4.69, 9.17) is 9.47 Å². The van der Waals surface area contributed by atoms with Crippen molar-refractivity contribution in [3.63, 3.8) is 0 Å². The van der Waals surface area contributed by atoms with Crippen molar-refractivity contribution < 1.29 is 29.0 Å². The van der Waals surface area contributed by atoms with Crippen LogP contribution in [0.15, 0.2) is 0 Å². The van der Waals surface area contributed by atoms with Gasteiger partial charge < -0.3 is 19.9 Å². The number of esters is 1. The molecule has 1 amide bonds. The van der Waals surface area contributed by atoms with Crippen molar-refractivity contribution in [2.75, 3.05) is 12.3 Å². The molecule has 8 heteroatoms. The topological polar surface area (TPSA) is 102 Å². The van der Waals surface area contributed by atoms with Crippen molar-refractivity contribution in [2.45, 2.75) is 65.4 Å². The quantitative estimate of drug-likeness (QED) is 0.306. The predicted octanol–water partition coefficient (Wildman–Crippen LogP) is 3.27. The maximum Gasteiger partial charge on any atom is 0.410 e. The van der Waals surface area contributed by atoms with Crippen molar-refractivity contribution >= 4 is 29.8 Å². The van der Waals surface area contributed by atoms with Gasteiger partial charge in [0.1, 0.15) is 5.25 Å². The van der Waals surface area contributed by atoms with E-state index < -0.39 is 29.6 Å². The van der Waals surface area contributed by atoms with E-state index in [1.54, 1.807) is 27.7 Å². The molecule has 7 nitrogen and oxygen atoms in total. The van der Waals surface area contributed by atoms with Gasteiger partial charge in [-0.15, -0.1) is 11.8 Å². The first-order valence-corrected chi connectivity index (χ1v) is 9.73. The molecule has 0 aliphatic rings. The number of rotatable bonds is 12. The van der Waals surface area contributed by atoms with E-state index in [1.807, 2.05) is 0 Å².